The number of aryl methyl sites for hydroxylation is 1. The lowest BCUT2D eigenvalue weighted by molar-refractivity contribution is 0.0457. The van der Waals surface area contributed by atoms with Crippen molar-refractivity contribution in [1.82, 2.24) is 0 Å². The summed E-state index contributed by atoms with van der Waals surface area (Å²) in [7, 11) is 0. The maximum absolute atomic E-state index is 13.1. The molecule has 0 atom stereocenters. The minimum atomic E-state index is -0.786. The molecule has 2 amide bonds. The Kier molecular flexibility index (Phi) is 7.29. The fourth-order valence-corrected chi connectivity index (χ4v) is 3.71. The van der Waals surface area contributed by atoms with E-state index in [0.717, 1.165) is 10.5 Å². The van der Waals surface area contributed by atoms with Gasteiger partial charge in [-0.1, -0.05) is 43.7 Å². The third-order valence-electron chi connectivity index (χ3n) is 5.74. The van der Waals surface area contributed by atoms with Crippen LogP contribution >= 0.6 is 0 Å². The number of Topliss-reactive ketones (excluding diaryl/α,β-unsaturated/α-hetero) is 1. The summed E-state index contributed by atoms with van der Waals surface area (Å²) in [5, 5.41) is 0. The molecule has 3 aromatic carbocycles. The number of carbonyl (C=O) groups excluding carboxylic acids is 5. The molecule has 0 fully saturated rings. The van der Waals surface area contributed by atoms with Crippen LogP contribution in [0.5, 0.6) is 0 Å². The van der Waals surface area contributed by atoms with Crippen LogP contribution in [0.3, 0.4) is 0 Å². The number of ether oxygens (including phenoxy) is 2. The molecule has 188 valence electrons. The Morgan fingerprint density at radius 3 is 1.95 bits per heavy atom. The molecule has 0 saturated heterocycles. The topological polar surface area (TPSA) is 107 Å². The molecule has 0 aliphatic carbocycles. The molecular formula is C29H25NO7. The fraction of sp³-hybridized carbons (Fsp3) is 0.207. The number of amides is 2. The standard InChI is InChI=1S/C29H25NO7/c1-17(2)15-36-28(34)20-8-11-22(12-9-20)30-26(32)23-13-10-21(14-24(23)27(30)33)29(35)37-16-25(31)19-6-4-18(3)5-7-19/h4-14,17H,15-16H2,1-3H3. The highest BCUT2D eigenvalue weighted by Gasteiger charge is 2.37. The van der Waals surface area contributed by atoms with Gasteiger partial charge in [-0.3, -0.25) is 14.4 Å². The van der Waals surface area contributed by atoms with Gasteiger partial charge >= 0.3 is 11.9 Å². The monoisotopic (exact) mass is 499 g/mol. The summed E-state index contributed by atoms with van der Waals surface area (Å²) >= 11 is 0. The summed E-state index contributed by atoms with van der Waals surface area (Å²) in [5.74, 6) is -2.61. The summed E-state index contributed by atoms with van der Waals surface area (Å²) in [6, 6.07) is 16.9. The lowest BCUT2D eigenvalue weighted by Crippen LogP contribution is -2.29. The zero-order valence-corrected chi connectivity index (χ0v) is 20.6. The summed E-state index contributed by atoms with van der Waals surface area (Å²) < 4.78 is 10.3. The van der Waals surface area contributed by atoms with Crippen molar-refractivity contribution in [1.29, 1.82) is 0 Å². The first-order valence-corrected chi connectivity index (χ1v) is 11.7. The lowest BCUT2D eigenvalue weighted by Gasteiger charge is -2.14. The predicted octanol–water partition coefficient (Wildman–Crippen LogP) is 4.65. The number of fused-ring (bicyclic) bond motifs is 1. The van der Waals surface area contributed by atoms with E-state index >= 15 is 0 Å². The Hall–Kier alpha value is -4.59. The van der Waals surface area contributed by atoms with Gasteiger partial charge < -0.3 is 9.47 Å². The molecule has 37 heavy (non-hydrogen) atoms. The zero-order chi connectivity index (χ0) is 26.7. The third kappa shape index (κ3) is 5.48. The lowest BCUT2D eigenvalue weighted by atomic mass is 10.1. The van der Waals surface area contributed by atoms with Gasteiger partial charge in [-0.2, -0.15) is 0 Å². The van der Waals surface area contributed by atoms with Crippen molar-refractivity contribution >= 4 is 35.2 Å². The number of carbonyl (C=O) groups is 5. The number of ketones is 1. The van der Waals surface area contributed by atoms with Gasteiger partial charge in [0, 0.05) is 5.56 Å². The highest BCUT2D eigenvalue weighted by atomic mass is 16.5. The van der Waals surface area contributed by atoms with Crippen LogP contribution < -0.4 is 4.90 Å². The Balaban J connectivity index is 1.45. The number of benzene rings is 3. The van der Waals surface area contributed by atoms with Crippen LogP contribution in [0.4, 0.5) is 5.69 Å². The number of anilines is 1. The Morgan fingerprint density at radius 2 is 1.30 bits per heavy atom. The number of nitrogens with zero attached hydrogens (tertiary/aromatic N) is 1. The molecular weight excluding hydrogens is 474 g/mol. The molecule has 0 N–H and O–H groups in total. The molecule has 1 aliphatic heterocycles. The zero-order valence-electron chi connectivity index (χ0n) is 20.6. The molecule has 8 heteroatoms. The van der Waals surface area contributed by atoms with Crippen molar-refractivity contribution in [3.63, 3.8) is 0 Å². The SMILES string of the molecule is Cc1ccc(C(=O)COC(=O)c2ccc3c(c2)C(=O)N(c2ccc(C(=O)OCC(C)C)cc2)C3=O)cc1. The number of imide groups is 1. The van der Waals surface area contributed by atoms with Crippen LogP contribution in [-0.2, 0) is 9.47 Å². The van der Waals surface area contributed by atoms with E-state index in [4.69, 9.17) is 9.47 Å². The van der Waals surface area contributed by atoms with E-state index in [9.17, 15) is 24.0 Å². The summed E-state index contributed by atoms with van der Waals surface area (Å²) in [6.45, 7) is 5.58. The first kappa shape index (κ1) is 25.5. The van der Waals surface area contributed by atoms with E-state index in [-0.39, 0.29) is 40.7 Å². The fourth-order valence-electron chi connectivity index (χ4n) is 3.71. The second-order valence-electron chi connectivity index (χ2n) is 9.11. The van der Waals surface area contributed by atoms with Crippen molar-refractivity contribution in [3.05, 3.63) is 100 Å². The van der Waals surface area contributed by atoms with Crippen LogP contribution in [-0.4, -0.2) is 42.7 Å². The molecule has 0 unspecified atom stereocenters. The average molecular weight is 500 g/mol. The smallest absolute Gasteiger partial charge is 0.338 e. The van der Waals surface area contributed by atoms with E-state index in [0.29, 0.717) is 11.1 Å². The molecule has 0 spiro atoms. The van der Waals surface area contributed by atoms with E-state index in [1.54, 1.807) is 24.3 Å². The van der Waals surface area contributed by atoms with Gasteiger partial charge in [0.25, 0.3) is 11.8 Å². The second kappa shape index (κ2) is 10.6. The molecule has 3 aromatic rings. The number of esters is 2. The maximum atomic E-state index is 13.1. The van der Waals surface area contributed by atoms with Crippen LogP contribution in [0.2, 0.25) is 0 Å². The van der Waals surface area contributed by atoms with Crippen molar-refractivity contribution in [2.45, 2.75) is 20.8 Å². The van der Waals surface area contributed by atoms with Gasteiger partial charge in [0.1, 0.15) is 0 Å². The molecule has 8 nitrogen and oxygen atoms in total. The predicted molar refractivity (Wildman–Crippen MR) is 135 cm³/mol. The minimum absolute atomic E-state index is 0.0432. The summed E-state index contributed by atoms with van der Waals surface area (Å²) in [4.78, 5) is 64.0. The number of rotatable bonds is 8. The third-order valence-corrected chi connectivity index (χ3v) is 5.74. The summed E-state index contributed by atoms with van der Waals surface area (Å²) in [5.41, 5.74) is 2.22. The first-order chi connectivity index (χ1) is 17.7. The van der Waals surface area contributed by atoms with Crippen molar-refractivity contribution in [2.24, 2.45) is 5.92 Å². The van der Waals surface area contributed by atoms with Crippen LogP contribution in [0.15, 0.2) is 66.7 Å². The molecule has 0 radical (unpaired) electrons. The van der Waals surface area contributed by atoms with Gasteiger partial charge in [0.15, 0.2) is 12.4 Å². The second-order valence-corrected chi connectivity index (χ2v) is 9.11. The summed E-state index contributed by atoms with van der Waals surface area (Å²) in [6.07, 6.45) is 0. The quantitative estimate of drug-likeness (QED) is 0.252. The molecule has 1 aliphatic rings. The minimum Gasteiger partial charge on any atom is -0.462 e. The average Bonchev–Trinajstić information content (AvgIpc) is 3.15. The van der Waals surface area contributed by atoms with Gasteiger partial charge in [-0.15, -0.1) is 0 Å². The van der Waals surface area contributed by atoms with E-state index in [1.807, 2.05) is 20.8 Å². The molecule has 0 bridgehead atoms. The van der Waals surface area contributed by atoms with Gasteiger partial charge in [-0.25, -0.2) is 14.5 Å². The Morgan fingerprint density at radius 1 is 0.730 bits per heavy atom. The number of hydrogen-bond acceptors (Lipinski definition) is 7. The maximum Gasteiger partial charge on any atom is 0.338 e. The van der Waals surface area contributed by atoms with E-state index < -0.39 is 30.4 Å². The Labute approximate surface area is 213 Å². The highest BCUT2D eigenvalue weighted by molar-refractivity contribution is 6.34. The molecule has 1 heterocycles. The Bertz CT molecular complexity index is 1390. The van der Waals surface area contributed by atoms with Gasteiger partial charge in [0.2, 0.25) is 0 Å². The van der Waals surface area contributed by atoms with Crippen LogP contribution in [0.1, 0.15) is 71.2 Å². The van der Waals surface area contributed by atoms with Gasteiger partial charge in [0.05, 0.1) is 34.5 Å². The van der Waals surface area contributed by atoms with E-state index in [2.05, 4.69) is 0 Å². The van der Waals surface area contributed by atoms with Crippen LogP contribution in [0.25, 0.3) is 0 Å². The van der Waals surface area contributed by atoms with Crippen LogP contribution in [0, 0.1) is 12.8 Å². The molecule has 0 aromatic heterocycles. The van der Waals surface area contributed by atoms with E-state index in [1.165, 1.54) is 42.5 Å². The highest BCUT2D eigenvalue weighted by Crippen LogP contribution is 2.29. The van der Waals surface area contributed by atoms with Gasteiger partial charge in [-0.05, 0) is 55.3 Å². The molecule has 0 saturated carbocycles. The largest absolute Gasteiger partial charge is 0.462 e. The number of hydrogen-bond donors (Lipinski definition) is 0. The molecule has 4 rings (SSSR count). The van der Waals surface area contributed by atoms with Crippen molar-refractivity contribution in [2.75, 3.05) is 18.1 Å². The van der Waals surface area contributed by atoms with Crippen molar-refractivity contribution in [3.8, 4) is 0 Å². The first-order valence-electron chi connectivity index (χ1n) is 11.7. The normalized spacial score (nSPS) is 12.5. The van der Waals surface area contributed by atoms with Crippen molar-refractivity contribution < 1.29 is 33.4 Å².